The monoisotopic (exact) mass is 215 g/mol. The normalized spacial score (nSPS) is 12.6. The molecule has 0 spiro atoms. The lowest BCUT2D eigenvalue weighted by atomic mass is 9.99. The van der Waals surface area contributed by atoms with E-state index in [2.05, 4.69) is 24.2 Å². The minimum Gasteiger partial charge on any atom is -0.330 e. The lowest BCUT2D eigenvalue weighted by Crippen LogP contribution is -2.19. The van der Waals surface area contributed by atoms with Crippen molar-refractivity contribution in [2.45, 2.75) is 19.4 Å². The molecule has 0 aliphatic carbocycles. The van der Waals surface area contributed by atoms with Crippen molar-refractivity contribution in [2.24, 2.45) is 5.73 Å². The number of hydrogen-bond acceptors (Lipinski definition) is 2. The van der Waals surface area contributed by atoms with Gasteiger partial charge >= 0.3 is 0 Å². The van der Waals surface area contributed by atoms with Crippen LogP contribution in [0.5, 0.6) is 0 Å². The van der Waals surface area contributed by atoms with Crippen LogP contribution in [0.25, 0.3) is 0 Å². The zero-order chi connectivity index (χ0) is 11.4. The molecule has 1 aromatic carbocycles. The first-order valence-electron chi connectivity index (χ1n) is 5.54. The third-order valence-corrected chi connectivity index (χ3v) is 2.88. The molecule has 2 rings (SSSR count). The molecule has 0 aliphatic rings. The van der Waals surface area contributed by atoms with Crippen molar-refractivity contribution >= 4 is 0 Å². The lowest BCUT2D eigenvalue weighted by Gasteiger charge is -2.16. The van der Waals surface area contributed by atoms with Crippen LogP contribution in [0.4, 0.5) is 0 Å². The molecule has 0 fully saturated rings. The summed E-state index contributed by atoms with van der Waals surface area (Å²) >= 11 is 0. The van der Waals surface area contributed by atoms with Gasteiger partial charge in [-0.2, -0.15) is 5.10 Å². The number of benzene rings is 1. The maximum absolute atomic E-state index is 5.83. The fraction of sp³-hybridized carbons (Fsp3) is 0.308. The minimum absolute atomic E-state index is 0.333. The lowest BCUT2D eigenvalue weighted by molar-refractivity contribution is 0.511. The van der Waals surface area contributed by atoms with Crippen molar-refractivity contribution in [3.63, 3.8) is 0 Å². The highest BCUT2D eigenvalue weighted by Crippen LogP contribution is 2.16. The molecule has 0 saturated heterocycles. The van der Waals surface area contributed by atoms with E-state index in [0.717, 1.165) is 6.54 Å². The van der Waals surface area contributed by atoms with E-state index in [1.807, 2.05) is 35.1 Å². The number of nitrogens with two attached hydrogens (primary N) is 1. The molecule has 2 aromatic rings. The second-order valence-electron chi connectivity index (χ2n) is 4.00. The van der Waals surface area contributed by atoms with Gasteiger partial charge in [0.2, 0.25) is 0 Å². The quantitative estimate of drug-likeness (QED) is 0.847. The standard InChI is InChI=1S/C13H17N3/c1-11-7-8-15-16(11)10-13(9-14)12-5-3-2-4-6-12/h2-8,13H,9-10,14H2,1H3. The van der Waals surface area contributed by atoms with Gasteiger partial charge in [-0.1, -0.05) is 30.3 Å². The molecule has 0 bridgehead atoms. The van der Waals surface area contributed by atoms with E-state index in [0.29, 0.717) is 12.5 Å². The van der Waals surface area contributed by atoms with Crippen molar-refractivity contribution in [1.29, 1.82) is 0 Å². The SMILES string of the molecule is Cc1ccnn1CC(CN)c1ccccc1. The average molecular weight is 215 g/mol. The van der Waals surface area contributed by atoms with Gasteiger partial charge < -0.3 is 5.73 Å². The van der Waals surface area contributed by atoms with Crippen LogP contribution >= 0.6 is 0 Å². The maximum atomic E-state index is 5.83. The summed E-state index contributed by atoms with van der Waals surface area (Å²) in [6, 6.07) is 12.4. The van der Waals surface area contributed by atoms with Crippen molar-refractivity contribution < 1.29 is 0 Å². The number of hydrogen-bond donors (Lipinski definition) is 1. The van der Waals surface area contributed by atoms with Crippen molar-refractivity contribution in [2.75, 3.05) is 6.54 Å². The predicted octanol–water partition coefficient (Wildman–Crippen LogP) is 1.93. The highest BCUT2D eigenvalue weighted by Gasteiger charge is 2.11. The minimum atomic E-state index is 0.333. The first-order valence-corrected chi connectivity index (χ1v) is 5.54. The summed E-state index contributed by atoms with van der Waals surface area (Å²) in [5.41, 5.74) is 8.28. The molecule has 1 atom stereocenters. The maximum Gasteiger partial charge on any atom is 0.0492 e. The van der Waals surface area contributed by atoms with Crippen molar-refractivity contribution in [3.8, 4) is 0 Å². The smallest absolute Gasteiger partial charge is 0.0492 e. The zero-order valence-corrected chi connectivity index (χ0v) is 9.50. The molecule has 0 amide bonds. The molecule has 2 N–H and O–H groups in total. The number of rotatable bonds is 4. The van der Waals surface area contributed by atoms with E-state index in [4.69, 9.17) is 5.73 Å². The molecule has 1 unspecified atom stereocenters. The van der Waals surface area contributed by atoms with Crippen LogP contribution in [0.3, 0.4) is 0 Å². The summed E-state index contributed by atoms with van der Waals surface area (Å²) in [5.74, 6) is 0.333. The first-order chi connectivity index (χ1) is 7.81. The summed E-state index contributed by atoms with van der Waals surface area (Å²) in [6.07, 6.45) is 1.83. The van der Waals surface area contributed by atoms with Gasteiger partial charge in [0, 0.05) is 30.9 Å². The Morgan fingerprint density at radius 2 is 2.00 bits per heavy atom. The van der Waals surface area contributed by atoms with Crippen LogP contribution in [0, 0.1) is 6.92 Å². The number of aryl methyl sites for hydroxylation is 1. The first kappa shape index (κ1) is 10.9. The molecule has 1 aromatic heterocycles. The summed E-state index contributed by atoms with van der Waals surface area (Å²) in [7, 11) is 0. The highest BCUT2D eigenvalue weighted by atomic mass is 15.3. The van der Waals surface area contributed by atoms with Gasteiger partial charge in [-0.3, -0.25) is 4.68 Å². The van der Waals surface area contributed by atoms with Crippen LogP contribution < -0.4 is 5.73 Å². The Labute approximate surface area is 95.9 Å². The van der Waals surface area contributed by atoms with Crippen molar-refractivity contribution in [3.05, 3.63) is 53.9 Å². The Kier molecular flexibility index (Phi) is 3.37. The second kappa shape index (κ2) is 4.94. The zero-order valence-electron chi connectivity index (χ0n) is 9.50. The Balaban J connectivity index is 2.16. The Hall–Kier alpha value is -1.61. The van der Waals surface area contributed by atoms with Gasteiger partial charge in [-0.15, -0.1) is 0 Å². The predicted molar refractivity (Wildman–Crippen MR) is 65.2 cm³/mol. The van der Waals surface area contributed by atoms with Gasteiger partial charge in [-0.05, 0) is 18.6 Å². The van der Waals surface area contributed by atoms with Gasteiger partial charge in [0.05, 0.1) is 0 Å². The largest absolute Gasteiger partial charge is 0.330 e. The van der Waals surface area contributed by atoms with E-state index >= 15 is 0 Å². The van der Waals surface area contributed by atoms with Gasteiger partial charge in [-0.25, -0.2) is 0 Å². The van der Waals surface area contributed by atoms with Gasteiger partial charge in [0.15, 0.2) is 0 Å². The molecular weight excluding hydrogens is 198 g/mol. The van der Waals surface area contributed by atoms with Crippen LogP contribution in [0.2, 0.25) is 0 Å². The molecule has 3 heteroatoms. The van der Waals surface area contributed by atoms with E-state index in [1.54, 1.807) is 0 Å². The molecule has 0 saturated carbocycles. The fourth-order valence-corrected chi connectivity index (χ4v) is 1.84. The molecule has 0 aliphatic heterocycles. The molecular formula is C13H17N3. The molecule has 84 valence electrons. The third kappa shape index (κ3) is 2.31. The van der Waals surface area contributed by atoms with Gasteiger partial charge in [0.1, 0.15) is 0 Å². The average Bonchev–Trinajstić information content (AvgIpc) is 2.73. The summed E-state index contributed by atoms with van der Waals surface area (Å²) in [4.78, 5) is 0. The Morgan fingerprint density at radius 3 is 2.56 bits per heavy atom. The van der Waals surface area contributed by atoms with E-state index in [9.17, 15) is 0 Å². The summed E-state index contributed by atoms with van der Waals surface area (Å²) < 4.78 is 2.00. The Morgan fingerprint density at radius 1 is 1.25 bits per heavy atom. The fourth-order valence-electron chi connectivity index (χ4n) is 1.84. The summed E-state index contributed by atoms with van der Waals surface area (Å²) in [5, 5.41) is 4.29. The summed E-state index contributed by atoms with van der Waals surface area (Å²) in [6.45, 7) is 3.55. The van der Waals surface area contributed by atoms with E-state index in [-0.39, 0.29) is 0 Å². The molecule has 1 heterocycles. The number of aromatic nitrogens is 2. The van der Waals surface area contributed by atoms with Crippen molar-refractivity contribution in [1.82, 2.24) is 9.78 Å². The molecule has 0 radical (unpaired) electrons. The van der Waals surface area contributed by atoms with Crippen LogP contribution in [-0.4, -0.2) is 16.3 Å². The van der Waals surface area contributed by atoms with E-state index < -0.39 is 0 Å². The highest BCUT2D eigenvalue weighted by molar-refractivity contribution is 5.19. The van der Waals surface area contributed by atoms with Gasteiger partial charge in [0.25, 0.3) is 0 Å². The molecule has 16 heavy (non-hydrogen) atoms. The van der Waals surface area contributed by atoms with E-state index in [1.165, 1.54) is 11.3 Å². The third-order valence-electron chi connectivity index (χ3n) is 2.88. The topological polar surface area (TPSA) is 43.8 Å². The van der Waals surface area contributed by atoms with Crippen LogP contribution in [-0.2, 0) is 6.54 Å². The van der Waals surface area contributed by atoms with Crippen LogP contribution in [0.15, 0.2) is 42.6 Å². The van der Waals surface area contributed by atoms with Crippen LogP contribution in [0.1, 0.15) is 17.2 Å². The number of nitrogens with zero attached hydrogens (tertiary/aromatic N) is 2. The molecule has 3 nitrogen and oxygen atoms in total. The Bertz CT molecular complexity index is 433. The second-order valence-corrected chi connectivity index (χ2v) is 4.00.